The van der Waals surface area contributed by atoms with Crippen LogP contribution in [0.15, 0.2) is 48.6 Å². The molecule has 0 heteroatoms. The molecule has 64 valence electrons. The van der Waals surface area contributed by atoms with Crippen molar-refractivity contribution in [2.75, 3.05) is 0 Å². The van der Waals surface area contributed by atoms with Crippen LogP contribution in [0.2, 0.25) is 0 Å². The summed E-state index contributed by atoms with van der Waals surface area (Å²) in [5.41, 5.74) is 3.90. The predicted molar refractivity (Wildman–Crippen MR) is 58.3 cm³/mol. The van der Waals surface area contributed by atoms with Gasteiger partial charge in [0.05, 0.1) is 0 Å². The summed E-state index contributed by atoms with van der Waals surface area (Å²) in [4.78, 5) is 0. The van der Waals surface area contributed by atoms with E-state index in [-0.39, 0.29) is 0 Å². The van der Waals surface area contributed by atoms with Crippen LogP contribution >= 0.6 is 0 Å². The van der Waals surface area contributed by atoms with Crippen LogP contribution in [0.4, 0.5) is 0 Å². The molecule has 13 heavy (non-hydrogen) atoms. The highest BCUT2D eigenvalue weighted by molar-refractivity contribution is 5.82. The number of fused-ring (bicyclic) bond motifs is 1. The van der Waals surface area contributed by atoms with Gasteiger partial charge in [0.2, 0.25) is 0 Å². The van der Waals surface area contributed by atoms with E-state index in [2.05, 4.69) is 61.6 Å². The Morgan fingerprint density at radius 1 is 1.00 bits per heavy atom. The van der Waals surface area contributed by atoms with Crippen molar-refractivity contribution in [3.05, 3.63) is 59.7 Å². The average molecular weight is 168 g/mol. The van der Waals surface area contributed by atoms with Crippen molar-refractivity contribution in [1.29, 1.82) is 0 Å². The zero-order valence-corrected chi connectivity index (χ0v) is 7.70. The molecule has 0 nitrogen and oxygen atoms in total. The molecule has 0 saturated carbocycles. The summed E-state index contributed by atoms with van der Waals surface area (Å²) in [5.74, 6) is 0. The van der Waals surface area contributed by atoms with Gasteiger partial charge in [0.25, 0.3) is 0 Å². The van der Waals surface area contributed by atoms with Crippen LogP contribution < -0.4 is 0 Å². The van der Waals surface area contributed by atoms with Gasteiger partial charge in [-0.05, 0) is 23.6 Å². The second-order valence-corrected chi connectivity index (χ2v) is 3.05. The lowest BCUT2D eigenvalue weighted by atomic mass is 10.0. The van der Waals surface area contributed by atoms with Crippen molar-refractivity contribution in [2.24, 2.45) is 0 Å². The van der Waals surface area contributed by atoms with E-state index in [1.54, 1.807) is 0 Å². The zero-order chi connectivity index (χ0) is 9.10. The van der Waals surface area contributed by atoms with Gasteiger partial charge in [-0.2, -0.15) is 0 Å². The Morgan fingerprint density at radius 2 is 1.77 bits per heavy atom. The van der Waals surface area contributed by atoms with Crippen molar-refractivity contribution in [2.45, 2.75) is 6.92 Å². The molecule has 0 amide bonds. The summed E-state index contributed by atoms with van der Waals surface area (Å²) in [6.45, 7) is 2.07. The topological polar surface area (TPSA) is 0 Å². The van der Waals surface area contributed by atoms with E-state index >= 15 is 0 Å². The molecule has 0 bridgehead atoms. The van der Waals surface area contributed by atoms with E-state index in [1.165, 1.54) is 16.7 Å². The first-order valence-corrected chi connectivity index (χ1v) is 4.52. The Labute approximate surface area is 78.9 Å². The highest BCUT2D eigenvalue weighted by Crippen LogP contribution is 2.23. The zero-order valence-electron chi connectivity index (χ0n) is 7.70. The van der Waals surface area contributed by atoms with Gasteiger partial charge < -0.3 is 0 Å². The van der Waals surface area contributed by atoms with Crippen LogP contribution in [0.1, 0.15) is 18.1 Å². The van der Waals surface area contributed by atoms with Crippen LogP contribution in [0.3, 0.4) is 0 Å². The first-order valence-electron chi connectivity index (χ1n) is 4.52. The van der Waals surface area contributed by atoms with Gasteiger partial charge in [-0.15, -0.1) is 0 Å². The third kappa shape index (κ3) is 1.48. The third-order valence-corrected chi connectivity index (χ3v) is 2.25. The second-order valence-electron chi connectivity index (χ2n) is 3.05. The second kappa shape index (κ2) is 3.44. The summed E-state index contributed by atoms with van der Waals surface area (Å²) in [6.07, 6.45) is 10.6. The van der Waals surface area contributed by atoms with E-state index in [0.29, 0.717) is 0 Å². The van der Waals surface area contributed by atoms with E-state index in [1.807, 2.05) is 0 Å². The number of benzene rings is 1. The largest absolute Gasteiger partial charge is 0.0798 e. The van der Waals surface area contributed by atoms with Crippen molar-refractivity contribution >= 4 is 11.6 Å². The number of hydrogen-bond acceptors (Lipinski definition) is 0. The predicted octanol–water partition coefficient (Wildman–Crippen LogP) is 3.67. The molecule has 1 aliphatic carbocycles. The van der Waals surface area contributed by atoms with E-state index in [9.17, 15) is 0 Å². The first kappa shape index (κ1) is 8.06. The molecular weight excluding hydrogens is 156 g/mol. The number of rotatable bonds is 0. The minimum Gasteiger partial charge on any atom is -0.0798 e. The molecule has 0 unspecified atom stereocenters. The highest BCUT2D eigenvalue weighted by atomic mass is 14.1. The monoisotopic (exact) mass is 168 g/mol. The molecule has 0 aromatic heterocycles. The standard InChI is InChI=1S/C13H12/c1-2-11-7-3-4-8-12-9-5-6-10-13(11)12/h2-10H,1H3/b11-2-. The molecule has 0 spiro atoms. The van der Waals surface area contributed by atoms with Crippen molar-refractivity contribution in [3.63, 3.8) is 0 Å². The summed E-state index contributed by atoms with van der Waals surface area (Å²) < 4.78 is 0. The lowest BCUT2D eigenvalue weighted by molar-refractivity contribution is 1.57. The van der Waals surface area contributed by atoms with Crippen LogP contribution in [0.25, 0.3) is 11.6 Å². The smallest absolute Gasteiger partial charge is 0.0115 e. The summed E-state index contributed by atoms with van der Waals surface area (Å²) in [5, 5.41) is 0. The molecule has 0 atom stereocenters. The van der Waals surface area contributed by atoms with E-state index < -0.39 is 0 Å². The summed E-state index contributed by atoms with van der Waals surface area (Å²) in [6, 6.07) is 8.45. The molecule has 0 N–H and O–H groups in total. The van der Waals surface area contributed by atoms with Gasteiger partial charge in [-0.25, -0.2) is 0 Å². The average Bonchev–Trinajstić information content (AvgIpc) is 2.39. The fraction of sp³-hybridized carbons (Fsp3) is 0.0769. The molecule has 0 fully saturated rings. The molecule has 0 saturated heterocycles. The van der Waals surface area contributed by atoms with E-state index in [4.69, 9.17) is 0 Å². The summed E-state index contributed by atoms with van der Waals surface area (Å²) >= 11 is 0. The van der Waals surface area contributed by atoms with Crippen molar-refractivity contribution in [1.82, 2.24) is 0 Å². The maximum Gasteiger partial charge on any atom is -0.0115 e. The van der Waals surface area contributed by atoms with E-state index in [0.717, 1.165) is 0 Å². The molecule has 2 rings (SSSR count). The Morgan fingerprint density at radius 3 is 2.62 bits per heavy atom. The van der Waals surface area contributed by atoms with Gasteiger partial charge in [-0.3, -0.25) is 0 Å². The van der Waals surface area contributed by atoms with Gasteiger partial charge in [0, 0.05) is 0 Å². The van der Waals surface area contributed by atoms with Gasteiger partial charge in [0.1, 0.15) is 0 Å². The maximum absolute atomic E-state index is 2.16. The van der Waals surface area contributed by atoms with Crippen molar-refractivity contribution < 1.29 is 0 Å². The fourth-order valence-electron chi connectivity index (χ4n) is 1.57. The Hall–Kier alpha value is -1.56. The molecule has 1 aliphatic rings. The minimum atomic E-state index is 1.29. The normalized spacial score (nSPS) is 17.2. The highest BCUT2D eigenvalue weighted by Gasteiger charge is 2.02. The van der Waals surface area contributed by atoms with Crippen LogP contribution in [0, 0.1) is 0 Å². The Bertz CT molecular complexity index is 392. The quantitative estimate of drug-likeness (QED) is 0.554. The molecule has 1 aromatic carbocycles. The number of hydrogen-bond donors (Lipinski definition) is 0. The lowest BCUT2D eigenvalue weighted by Crippen LogP contribution is -1.83. The molecule has 0 aliphatic heterocycles. The van der Waals surface area contributed by atoms with Gasteiger partial charge in [0.15, 0.2) is 0 Å². The SMILES string of the molecule is C/C=C1/C=CC=Cc2ccccc21. The lowest BCUT2D eigenvalue weighted by Gasteiger charge is -2.04. The summed E-state index contributed by atoms with van der Waals surface area (Å²) in [7, 11) is 0. The van der Waals surface area contributed by atoms with Crippen LogP contribution in [-0.2, 0) is 0 Å². The molecule has 0 heterocycles. The Kier molecular flexibility index (Phi) is 2.13. The molecule has 1 aromatic rings. The maximum atomic E-state index is 2.16. The fourth-order valence-corrected chi connectivity index (χ4v) is 1.57. The van der Waals surface area contributed by atoms with Crippen LogP contribution in [-0.4, -0.2) is 0 Å². The molecule has 0 radical (unpaired) electrons. The first-order chi connectivity index (χ1) is 6.42. The minimum absolute atomic E-state index is 1.29. The van der Waals surface area contributed by atoms with Gasteiger partial charge >= 0.3 is 0 Å². The van der Waals surface area contributed by atoms with Crippen LogP contribution in [0.5, 0.6) is 0 Å². The van der Waals surface area contributed by atoms with Gasteiger partial charge in [-0.1, -0.05) is 54.6 Å². The third-order valence-electron chi connectivity index (χ3n) is 2.25. The van der Waals surface area contributed by atoms with Crippen molar-refractivity contribution in [3.8, 4) is 0 Å². The Balaban J connectivity index is 2.64. The number of allylic oxidation sites excluding steroid dienone is 5. The molecular formula is C13H12.